The zero-order valence-corrected chi connectivity index (χ0v) is 15.5. The molecule has 0 aliphatic carbocycles. The summed E-state index contributed by atoms with van der Waals surface area (Å²) >= 11 is 0. The molecule has 0 radical (unpaired) electrons. The van der Waals surface area contributed by atoms with E-state index in [0.29, 0.717) is 23.6 Å². The number of benzene rings is 2. The maximum absolute atomic E-state index is 13.1. The zero-order chi connectivity index (χ0) is 18.7. The third kappa shape index (κ3) is 3.26. The van der Waals surface area contributed by atoms with Crippen LogP contribution in [0.4, 0.5) is 0 Å². The Kier molecular flexibility index (Phi) is 5.16. The van der Waals surface area contributed by atoms with Crippen LogP contribution in [0.2, 0.25) is 0 Å². The second-order valence-corrected chi connectivity index (χ2v) is 7.91. The van der Waals surface area contributed by atoms with E-state index in [9.17, 15) is 8.42 Å². The molecule has 0 unspecified atom stereocenters. The van der Waals surface area contributed by atoms with Crippen LogP contribution >= 0.6 is 0 Å². The lowest BCUT2D eigenvalue weighted by Gasteiger charge is -2.26. The fourth-order valence-electron chi connectivity index (χ4n) is 3.27. The Morgan fingerprint density at radius 2 is 1.85 bits per heavy atom. The normalized spacial score (nSPS) is 17.7. The van der Waals surface area contributed by atoms with E-state index in [2.05, 4.69) is 0 Å². The molecule has 2 aromatic rings. The van der Waals surface area contributed by atoms with Gasteiger partial charge in [0, 0.05) is 18.2 Å². The molecule has 1 saturated heterocycles. The Bertz CT molecular complexity index is 933. The van der Waals surface area contributed by atoms with Crippen molar-refractivity contribution in [1.29, 1.82) is 5.26 Å². The number of nitriles is 1. The van der Waals surface area contributed by atoms with Gasteiger partial charge in [-0.2, -0.15) is 9.57 Å². The first-order valence-electron chi connectivity index (χ1n) is 8.25. The molecular weight excluding hydrogens is 352 g/mol. The third-order valence-electron chi connectivity index (χ3n) is 4.59. The van der Waals surface area contributed by atoms with E-state index in [4.69, 9.17) is 14.7 Å². The van der Waals surface area contributed by atoms with Crippen LogP contribution in [0.15, 0.2) is 47.4 Å². The molecule has 0 amide bonds. The Morgan fingerprint density at radius 1 is 1.12 bits per heavy atom. The molecule has 136 valence electrons. The highest BCUT2D eigenvalue weighted by molar-refractivity contribution is 7.89. The van der Waals surface area contributed by atoms with Crippen molar-refractivity contribution < 1.29 is 17.9 Å². The van der Waals surface area contributed by atoms with Gasteiger partial charge in [0.1, 0.15) is 11.5 Å². The van der Waals surface area contributed by atoms with Crippen LogP contribution in [-0.2, 0) is 10.0 Å². The maximum Gasteiger partial charge on any atom is 0.243 e. The van der Waals surface area contributed by atoms with Crippen molar-refractivity contribution in [1.82, 2.24) is 4.31 Å². The summed E-state index contributed by atoms with van der Waals surface area (Å²) in [5.74, 6) is 1.27. The first kappa shape index (κ1) is 18.2. The van der Waals surface area contributed by atoms with Crippen LogP contribution < -0.4 is 9.47 Å². The van der Waals surface area contributed by atoms with Gasteiger partial charge in [0.15, 0.2) is 0 Å². The summed E-state index contributed by atoms with van der Waals surface area (Å²) in [5.41, 5.74) is 1.25. The molecule has 1 aliphatic heterocycles. The number of hydrogen-bond acceptors (Lipinski definition) is 5. The van der Waals surface area contributed by atoms with Crippen LogP contribution in [0.5, 0.6) is 11.5 Å². The second-order valence-electron chi connectivity index (χ2n) is 6.02. The van der Waals surface area contributed by atoms with Crippen LogP contribution in [-0.4, -0.2) is 33.5 Å². The molecule has 1 aliphatic rings. The summed E-state index contributed by atoms with van der Waals surface area (Å²) in [4.78, 5) is 0.191. The standard InChI is InChI=1S/C19H20N2O4S/c1-24-15-7-10-17(19(12-15)25-2)18-4-3-11-21(18)26(22,23)16-8-5-14(13-20)6-9-16/h5-10,12,18H,3-4,11H2,1-2H3/t18-/m0/s1. The minimum atomic E-state index is -3.66. The summed E-state index contributed by atoms with van der Waals surface area (Å²) in [6.45, 7) is 0.447. The van der Waals surface area contributed by atoms with Gasteiger partial charge in [-0.3, -0.25) is 0 Å². The monoisotopic (exact) mass is 372 g/mol. The molecule has 1 atom stereocenters. The molecule has 0 spiro atoms. The van der Waals surface area contributed by atoms with E-state index >= 15 is 0 Å². The van der Waals surface area contributed by atoms with Crippen LogP contribution in [0.3, 0.4) is 0 Å². The third-order valence-corrected chi connectivity index (χ3v) is 6.52. The first-order chi connectivity index (χ1) is 12.5. The number of hydrogen-bond donors (Lipinski definition) is 0. The van der Waals surface area contributed by atoms with Gasteiger partial charge in [0.2, 0.25) is 10.0 Å². The molecule has 26 heavy (non-hydrogen) atoms. The van der Waals surface area contributed by atoms with Gasteiger partial charge in [0.05, 0.1) is 36.8 Å². The van der Waals surface area contributed by atoms with E-state index in [-0.39, 0.29) is 10.9 Å². The lowest BCUT2D eigenvalue weighted by Crippen LogP contribution is -2.30. The Morgan fingerprint density at radius 3 is 2.46 bits per heavy atom. The van der Waals surface area contributed by atoms with Gasteiger partial charge >= 0.3 is 0 Å². The van der Waals surface area contributed by atoms with Gasteiger partial charge in [-0.05, 0) is 43.2 Å². The minimum Gasteiger partial charge on any atom is -0.497 e. The van der Waals surface area contributed by atoms with Gasteiger partial charge in [-0.15, -0.1) is 0 Å². The predicted molar refractivity (Wildman–Crippen MR) is 96.6 cm³/mol. The van der Waals surface area contributed by atoms with E-state index in [1.54, 1.807) is 20.3 Å². The molecular formula is C19H20N2O4S. The zero-order valence-electron chi connectivity index (χ0n) is 14.7. The Balaban J connectivity index is 1.98. The molecule has 1 heterocycles. The lowest BCUT2D eigenvalue weighted by atomic mass is 10.0. The molecule has 6 nitrogen and oxygen atoms in total. The minimum absolute atomic E-state index is 0.191. The Labute approximate surface area is 153 Å². The SMILES string of the molecule is COc1ccc([C@@H]2CCCN2S(=O)(=O)c2ccc(C#N)cc2)c(OC)c1. The number of methoxy groups -OCH3 is 2. The average molecular weight is 372 g/mol. The fraction of sp³-hybridized carbons (Fsp3) is 0.316. The van der Waals surface area contributed by atoms with Crippen molar-refractivity contribution in [3.05, 3.63) is 53.6 Å². The van der Waals surface area contributed by atoms with Gasteiger partial charge in [0.25, 0.3) is 0 Å². The maximum atomic E-state index is 13.1. The number of nitrogens with zero attached hydrogens (tertiary/aromatic N) is 2. The van der Waals surface area contributed by atoms with Crippen molar-refractivity contribution in [2.75, 3.05) is 20.8 Å². The molecule has 0 aromatic heterocycles. The second kappa shape index (κ2) is 7.36. The van der Waals surface area contributed by atoms with E-state index in [1.165, 1.54) is 28.6 Å². The molecule has 3 rings (SSSR count). The fourth-order valence-corrected chi connectivity index (χ4v) is 4.94. The van der Waals surface area contributed by atoms with Gasteiger partial charge in [-0.25, -0.2) is 8.42 Å². The summed E-state index contributed by atoms with van der Waals surface area (Å²) in [6.07, 6.45) is 1.49. The molecule has 0 N–H and O–H groups in total. The highest BCUT2D eigenvalue weighted by Crippen LogP contribution is 2.41. The summed E-state index contributed by atoms with van der Waals surface area (Å²) in [5, 5.41) is 8.90. The van der Waals surface area contributed by atoms with Crippen molar-refractivity contribution in [2.45, 2.75) is 23.8 Å². The molecule has 2 aromatic carbocycles. The number of ether oxygens (including phenoxy) is 2. The predicted octanol–water partition coefficient (Wildman–Crippen LogP) is 3.10. The largest absolute Gasteiger partial charge is 0.497 e. The van der Waals surface area contributed by atoms with Crippen LogP contribution in [0.25, 0.3) is 0 Å². The highest BCUT2D eigenvalue weighted by atomic mass is 32.2. The van der Waals surface area contributed by atoms with Crippen LogP contribution in [0, 0.1) is 11.3 Å². The average Bonchev–Trinajstić information content (AvgIpc) is 3.18. The summed E-state index contributed by atoms with van der Waals surface area (Å²) in [7, 11) is -0.527. The first-order valence-corrected chi connectivity index (χ1v) is 9.69. The number of rotatable bonds is 5. The summed E-state index contributed by atoms with van der Waals surface area (Å²) in [6, 6.07) is 13.1. The summed E-state index contributed by atoms with van der Waals surface area (Å²) < 4.78 is 38.4. The highest BCUT2D eigenvalue weighted by Gasteiger charge is 2.37. The van der Waals surface area contributed by atoms with Crippen molar-refractivity contribution in [3.63, 3.8) is 0 Å². The topological polar surface area (TPSA) is 79.6 Å². The Hall–Kier alpha value is -2.56. The quantitative estimate of drug-likeness (QED) is 0.806. The van der Waals surface area contributed by atoms with Crippen molar-refractivity contribution in [3.8, 4) is 17.6 Å². The van der Waals surface area contributed by atoms with Crippen molar-refractivity contribution in [2.24, 2.45) is 0 Å². The van der Waals surface area contributed by atoms with Gasteiger partial charge in [-0.1, -0.05) is 6.07 Å². The molecule has 7 heteroatoms. The van der Waals surface area contributed by atoms with Crippen molar-refractivity contribution >= 4 is 10.0 Å². The molecule has 0 bridgehead atoms. The molecule has 0 saturated carbocycles. The number of sulfonamides is 1. The van der Waals surface area contributed by atoms with Gasteiger partial charge < -0.3 is 9.47 Å². The lowest BCUT2D eigenvalue weighted by molar-refractivity contribution is 0.361. The van der Waals surface area contributed by atoms with E-state index in [1.807, 2.05) is 18.2 Å². The smallest absolute Gasteiger partial charge is 0.243 e. The van der Waals surface area contributed by atoms with E-state index in [0.717, 1.165) is 18.4 Å². The molecule has 1 fully saturated rings. The van der Waals surface area contributed by atoms with Crippen LogP contribution in [0.1, 0.15) is 30.0 Å². The van der Waals surface area contributed by atoms with E-state index < -0.39 is 10.0 Å².